The highest BCUT2D eigenvalue weighted by atomic mass is 16.5. The van der Waals surface area contributed by atoms with E-state index in [1.54, 1.807) is 13.2 Å². The van der Waals surface area contributed by atoms with E-state index in [1.807, 2.05) is 13.0 Å². The molecular formula is C20H28NO3+. The largest absolute Gasteiger partial charge is 0.493 e. The van der Waals surface area contributed by atoms with E-state index in [-0.39, 0.29) is 12.5 Å². The highest BCUT2D eigenvalue weighted by molar-refractivity contribution is 5.89. The van der Waals surface area contributed by atoms with Crippen molar-refractivity contribution in [2.24, 2.45) is 5.92 Å². The molecule has 2 atom stereocenters. The first-order valence-electron chi connectivity index (χ1n) is 8.70. The van der Waals surface area contributed by atoms with Crippen LogP contribution in [-0.2, 0) is 6.42 Å². The minimum Gasteiger partial charge on any atom is -0.493 e. The zero-order chi connectivity index (χ0) is 17.5. The molecule has 130 valence electrons. The van der Waals surface area contributed by atoms with E-state index >= 15 is 0 Å². The third-order valence-electron chi connectivity index (χ3n) is 4.74. The van der Waals surface area contributed by atoms with E-state index in [1.165, 1.54) is 19.3 Å². The van der Waals surface area contributed by atoms with Crippen molar-refractivity contribution >= 4 is 5.90 Å². The van der Waals surface area contributed by atoms with Crippen molar-refractivity contribution in [3.05, 3.63) is 23.3 Å². The van der Waals surface area contributed by atoms with Gasteiger partial charge in [-0.2, -0.15) is 0 Å². The lowest BCUT2D eigenvalue weighted by atomic mass is 9.86. The van der Waals surface area contributed by atoms with Gasteiger partial charge < -0.3 is 14.6 Å². The average molecular weight is 330 g/mol. The molecule has 0 aliphatic heterocycles. The van der Waals surface area contributed by atoms with Gasteiger partial charge >= 0.3 is 5.90 Å². The molecule has 1 aromatic rings. The fourth-order valence-electron chi connectivity index (χ4n) is 3.28. The monoisotopic (exact) mass is 330 g/mol. The summed E-state index contributed by atoms with van der Waals surface area (Å²) in [7, 11) is 1.59. The number of benzene rings is 1. The first-order valence-corrected chi connectivity index (χ1v) is 8.70. The maximum atomic E-state index is 10.6. The van der Waals surface area contributed by atoms with Crippen LogP contribution in [0.15, 0.2) is 12.1 Å². The molecule has 0 aromatic heterocycles. The molecule has 1 saturated carbocycles. The van der Waals surface area contributed by atoms with E-state index in [9.17, 15) is 5.11 Å². The molecule has 4 heteroatoms. The van der Waals surface area contributed by atoms with Crippen LogP contribution in [0.5, 0.6) is 11.5 Å². The molecule has 2 N–H and O–H groups in total. The number of hydrogen-bond acceptors (Lipinski definition) is 2. The van der Waals surface area contributed by atoms with Gasteiger partial charge in [-0.3, -0.25) is 0 Å². The maximum absolute atomic E-state index is 10.6. The van der Waals surface area contributed by atoms with Crippen LogP contribution in [0.1, 0.15) is 50.7 Å². The molecule has 2 rings (SSSR count). The van der Waals surface area contributed by atoms with Crippen LogP contribution in [0.2, 0.25) is 0 Å². The summed E-state index contributed by atoms with van der Waals surface area (Å²) in [6.45, 7) is 4.46. The molecule has 1 fully saturated rings. The lowest BCUT2D eigenvalue weighted by Crippen LogP contribution is -2.82. The van der Waals surface area contributed by atoms with Crippen molar-refractivity contribution in [3.8, 4) is 23.8 Å². The summed E-state index contributed by atoms with van der Waals surface area (Å²) in [6, 6.07) is 4.04. The number of aliphatic hydroxyl groups is 1. The van der Waals surface area contributed by atoms with Crippen molar-refractivity contribution in [1.82, 2.24) is 0 Å². The highest BCUT2D eigenvalue weighted by Gasteiger charge is 2.27. The summed E-state index contributed by atoms with van der Waals surface area (Å²) in [6.07, 6.45) is 10.8. The van der Waals surface area contributed by atoms with Gasteiger partial charge in [-0.1, -0.05) is 26.2 Å². The summed E-state index contributed by atoms with van der Waals surface area (Å²) in [5, 5.41) is 10.6. The van der Waals surface area contributed by atoms with Crippen molar-refractivity contribution in [2.75, 3.05) is 13.7 Å². The normalized spacial score (nSPS) is 21.2. The number of terminal acetylenes is 1. The van der Waals surface area contributed by atoms with Gasteiger partial charge in [0.2, 0.25) is 0 Å². The minimum atomic E-state index is 0.191. The Labute approximate surface area is 144 Å². The van der Waals surface area contributed by atoms with Crippen molar-refractivity contribution < 1.29 is 19.6 Å². The van der Waals surface area contributed by atoms with E-state index in [0.29, 0.717) is 23.5 Å². The lowest BCUT2D eigenvalue weighted by molar-refractivity contribution is -0.524. The standard InChI is InChI=1S/C20H27NO3/c1-5-11-24-19-15(6-2)12-16(13-18(19)23-4)20(22)21-17-10-8-7-9-14(17)3/h1,12-14,17H,6-11H2,2-4H3,(H,21,22)/p+1. The minimum absolute atomic E-state index is 0.191. The predicted molar refractivity (Wildman–Crippen MR) is 95.8 cm³/mol. The molecular weight excluding hydrogens is 302 g/mol. The Bertz CT molecular complexity index is 605. The SMILES string of the molecule is C#CCOc1c(CC)cc(C(O)=[NH+]C2CCCCC2C)cc1OC. The number of nitrogens with one attached hydrogen (secondary N) is 1. The molecule has 0 amide bonds. The van der Waals surface area contributed by atoms with Crippen LogP contribution >= 0.6 is 0 Å². The summed E-state index contributed by atoms with van der Waals surface area (Å²) in [5.41, 5.74) is 1.68. The summed E-state index contributed by atoms with van der Waals surface area (Å²) >= 11 is 0. The van der Waals surface area contributed by atoms with Crippen LogP contribution in [0, 0.1) is 18.3 Å². The van der Waals surface area contributed by atoms with E-state index in [2.05, 4.69) is 17.8 Å². The van der Waals surface area contributed by atoms with Gasteiger partial charge in [0, 0.05) is 18.4 Å². The first kappa shape index (κ1) is 18.2. The topological polar surface area (TPSA) is 52.7 Å². The van der Waals surface area contributed by atoms with Crippen LogP contribution in [0.4, 0.5) is 0 Å². The summed E-state index contributed by atoms with van der Waals surface area (Å²) in [5.74, 6) is 4.47. The van der Waals surface area contributed by atoms with Crippen molar-refractivity contribution in [2.45, 2.75) is 52.0 Å². The van der Waals surface area contributed by atoms with E-state index < -0.39 is 0 Å². The third kappa shape index (κ3) is 4.23. The van der Waals surface area contributed by atoms with Crippen LogP contribution < -0.4 is 14.5 Å². The average Bonchev–Trinajstić information content (AvgIpc) is 2.61. The van der Waals surface area contributed by atoms with E-state index in [4.69, 9.17) is 15.9 Å². The Hall–Kier alpha value is -2.15. The number of rotatable bonds is 6. The lowest BCUT2D eigenvalue weighted by Gasteiger charge is -2.21. The van der Waals surface area contributed by atoms with Crippen LogP contribution in [0.25, 0.3) is 0 Å². The number of aryl methyl sites for hydroxylation is 1. The molecule has 4 nitrogen and oxygen atoms in total. The van der Waals surface area contributed by atoms with Gasteiger partial charge in [0.1, 0.15) is 6.61 Å². The molecule has 0 bridgehead atoms. The van der Waals surface area contributed by atoms with Gasteiger partial charge in [0.25, 0.3) is 0 Å². The quantitative estimate of drug-likeness (QED) is 0.478. The van der Waals surface area contributed by atoms with Gasteiger partial charge in [0.05, 0.1) is 12.7 Å². The number of methoxy groups -OCH3 is 1. The Morgan fingerprint density at radius 1 is 1.38 bits per heavy atom. The van der Waals surface area contributed by atoms with Crippen molar-refractivity contribution in [3.63, 3.8) is 0 Å². The molecule has 1 aliphatic rings. The zero-order valence-corrected chi connectivity index (χ0v) is 14.9. The maximum Gasteiger partial charge on any atom is 0.366 e. The Morgan fingerprint density at radius 2 is 2.12 bits per heavy atom. The zero-order valence-electron chi connectivity index (χ0n) is 14.9. The predicted octanol–water partition coefficient (Wildman–Crippen LogP) is 2.23. The molecule has 0 spiro atoms. The van der Waals surface area contributed by atoms with Crippen LogP contribution in [0.3, 0.4) is 0 Å². The van der Waals surface area contributed by atoms with Gasteiger partial charge in [-0.15, -0.1) is 6.42 Å². The summed E-state index contributed by atoms with van der Waals surface area (Å²) in [4.78, 5) is 3.29. The fourth-order valence-corrected chi connectivity index (χ4v) is 3.28. The smallest absolute Gasteiger partial charge is 0.366 e. The fraction of sp³-hybridized carbons (Fsp3) is 0.550. The number of aliphatic hydroxyl groups excluding tert-OH is 1. The second-order valence-electron chi connectivity index (χ2n) is 6.37. The number of hydrogen-bond donors (Lipinski definition) is 2. The molecule has 1 aromatic carbocycles. The second-order valence-corrected chi connectivity index (χ2v) is 6.37. The molecule has 2 unspecified atom stereocenters. The molecule has 0 saturated heterocycles. The van der Waals surface area contributed by atoms with E-state index in [0.717, 1.165) is 24.0 Å². The molecule has 0 heterocycles. The number of ether oxygens (including phenoxy) is 2. The molecule has 0 radical (unpaired) electrons. The molecule has 1 aliphatic carbocycles. The van der Waals surface area contributed by atoms with Gasteiger partial charge in [0.15, 0.2) is 17.5 Å². The Balaban J connectivity index is 2.34. The van der Waals surface area contributed by atoms with Gasteiger partial charge in [-0.05, 0) is 30.9 Å². The molecule has 24 heavy (non-hydrogen) atoms. The first-order chi connectivity index (χ1) is 11.6. The third-order valence-corrected chi connectivity index (χ3v) is 4.74. The van der Waals surface area contributed by atoms with Crippen LogP contribution in [-0.4, -0.2) is 30.8 Å². The Morgan fingerprint density at radius 3 is 2.75 bits per heavy atom. The van der Waals surface area contributed by atoms with Gasteiger partial charge in [-0.25, -0.2) is 4.99 Å². The summed E-state index contributed by atoms with van der Waals surface area (Å²) < 4.78 is 11.1. The highest BCUT2D eigenvalue weighted by Crippen LogP contribution is 2.33. The van der Waals surface area contributed by atoms with Crippen molar-refractivity contribution in [1.29, 1.82) is 0 Å². The second kappa shape index (κ2) is 8.63. The Kier molecular flexibility index (Phi) is 6.54.